The molecule has 1 aromatic heterocycles. The lowest BCUT2D eigenvalue weighted by molar-refractivity contribution is 0.574. The van der Waals surface area contributed by atoms with E-state index in [0.717, 1.165) is 6.07 Å². The van der Waals surface area contributed by atoms with Crippen molar-refractivity contribution in [3.8, 4) is 0 Å². The van der Waals surface area contributed by atoms with Crippen LogP contribution in [-0.2, 0) is 6.54 Å². The van der Waals surface area contributed by atoms with Gasteiger partial charge in [0.05, 0.1) is 6.54 Å². The highest BCUT2D eigenvalue weighted by Crippen LogP contribution is 2.08. The molecule has 0 saturated carbocycles. The molecule has 5 heteroatoms. The lowest BCUT2D eigenvalue weighted by Gasteiger charge is -2.01. The summed E-state index contributed by atoms with van der Waals surface area (Å²) >= 11 is 0. The van der Waals surface area contributed by atoms with E-state index in [4.69, 9.17) is 0 Å². The lowest BCUT2D eigenvalue weighted by Crippen LogP contribution is -2.00. The second kappa shape index (κ2) is 3.53. The molecule has 0 aliphatic carbocycles. The average Bonchev–Trinajstić information content (AvgIpc) is 2.54. The fraction of sp³-hybridized carbons (Fsp3) is 0.111. The molecule has 72 valence electrons. The number of benzene rings is 1. The van der Waals surface area contributed by atoms with E-state index in [9.17, 15) is 8.78 Å². The second-order valence-corrected chi connectivity index (χ2v) is 2.87. The Kier molecular flexibility index (Phi) is 2.22. The topological polar surface area (TPSA) is 30.7 Å². The third-order valence-electron chi connectivity index (χ3n) is 1.73. The number of aromatic nitrogens is 3. The van der Waals surface area contributed by atoms with Gasteiger partial charge in [-0.2, -0.15) is 5.10 Å². The quantitative estimate of drug-likeness (QED) is 0.728. The fourth-order valence-electron chi connectivity index (χ4n) is 1.20. The summed E-state index contributed by atoms with van der Waals surface area (Å²) in [6.07, 6.45) is 2.86. The molecule has 2 aromatic rings. The maximum absolute atomic E-state index is 12.8. The Balaban J connectivity index is 2.25. The molecule has 0 atom stereocenters. The van der Waals surface area contributed by atoms with Crippen LogP contribution in [0.25, 0.3) is 0 Å². The van der Waals surface area contributed by atoms with E-state index in [1.54, 1.807) is 0 Å². The van der Waals surface area contributed by atoms with Crippen molar-refractivity contribution >= 4 is 0 Å². The van der Waals surface area contributed by atoms with E-state index in [1.807, 2.05) is 0 Å². The summed E-state index contributed by atoms with van der Waals surface area (Å²) in [6, 6.07) is 3.38. The minimum absolute atomic E-state index is 0.314. The largest absolute Gasteiger partial charge is 0.249 e. The van der Waals surface area contributed by atoms with Gasteiger partial charge in [0, 0.05) is 6.07 Å². The fourth-order valence-corrected chi connectivity index (χ4v) is 1.20. The summed E-state index contributed by atoms with van der Waals surface area (Å²) in [5.74, 6) is -1.17. The van der Waals surface area contributed by atoms with E-state index < -0.39 is 11.6 Å². The molecular formula is C9H7F2N3. The second-order valence-electron chi connectivity index (χ2n) is 2.87. The van der Waals surface area contributed by atoms with Crippen molar-refractivity contribution in [3.05, 3.63) is 48.1 Å². The van der Waals surface area contributed by atoms with E-state index in [-0.39, 0.29) is 0 Å². The Morgan fingerprint density at radius 3 is 2.43 bits per heavy atom. The highest BCUT2D eigenvalue weighted by Gasteiger charge is 2.01. The summed E-state index contributed by atoms with van der Waals surface area (Å²) in [5, 5.41) is 3.83. The molecule has 0 bridgehead atoms. The minimum atomic E-state index is -0.583. The Hall–Kier alpha value is -1.78. The van der Waals surface area contributed by atoms with Gasteiger partial charge in [0.25, 0.3) is 0 Å². The Bertz CT molecular complexity index is 405. The molecule has 14 heavy (non-hydrogen) atoms. The summed E-state index contributed by atoms with van der Waals surface area (Å²) in [7, 11) is 0. The summed E-state index contributed by atoms with van der Waals surface area (Å²) < 4.78 is 27.0. The molecule has 2 rings (SSSR count). The van der Waals surface area contributed by atoms with Crippen molar-refractivity contribution in [2.24, 2.45) is 0 Å². The summed E-state index contributed by atoms with van der Waals surface area (Å²) in [4.78, 5) is 3.73. The van der Waals surface area contributed by atoms with Gasteiger partial charge in [-0.15, -0.1) is 0 Å². The first kappa shape index (κ1) is 8.80. The first-order valence-corrected chi connectivity index (χ1v) is 4.01. The third kappa shape index (κ3) is 1.93. The molecule has 1 aromatic carbocycles. The predicted octanol–water partition coefficient (Wildman–Crippen LogP) is 1.60. The SMILES string of the molecule is Fc1cc(F)cc(Cn2cncn2)c1. The van der Waals surface area contributed by atoms with Crippen molar-refractivity contribution in [2.45, 2.75) is 6.54 Å². The molecule has 0 fully saturated rings. The minimum Gasteiger partial charge on any atom is -0.249 e. The summed E-state index contributed by atoms with van der Waals surface area (Å²) in [6.45, 7) is 0.314. The van der Waals surface area contributed by atoms with Crippen LogP contribution < -0.4 is 0 Å². The van der Waals surface area contributed by atoms with Crippen LogP contribution in [-0.4, -0.2) is 14.8 Å². The molecule has 0 saturated heterocycles. The molecule has 0 aliphatic heterocycles. The smallest absolute Gasteiger partial charge is 0.137 e. The Labute approximate surface area is 79.0 Å². The zero-order valence-corrected chi connectivity index (χ0v) is 7.19. The molecular weight excluding hydrogens is 188 g/mol. The lowest BCUT2D eigenvalue weighted by atomic mass is 10.2. The Morgan fingerprint density at radius 1 is 1.14 bits per heavy atom. The van der Waals surface area contributed by atoms with E-state index in [1.165, 1.54) is 29.5 Å². The zero-order valence-electron chi connectivity index (χ0n) is 7.19. The molecule has 0 radical (unpaired) electrons. The number of rotatable bonds is 2. The van der Waals surface area contributed by atoms with Crippen LogP contribution in [0, 0.1) is 11.6 Å². The number of halogens is 2. The first-order valence-electron chi connectivity index (χ1n) is 4.01. The molecule has 0 N–H and O–H groups in total. The van der Waals surface area contributed by atoms with Gasteiger partial charge in [0.2, 0.25) is 0 Å². The normalized spacial score (nSPS) is 10.4. The monoisotopic (exact) mass is 195 g/mol. The molecule has 3 nitrogen and oxygen atoms in total. The van der Waals surface area contributed by atoms with Crippen molar-refractivity contribution in [3.63, 3.8) is 0 Å². The van der Waals surface area contributed by atoms with Crippen LogP contribution in [0.1, 0.15) is 5.56 Å². The Morgan fingerprint density at radius 2 is 1.86 bits per heavy atom. The number of hydrogen-bond donors (Lipinski definition) is 0. The third-order valence-corrected chi connectivity index (χ3v) is 1.73. The van der Waals surface area contributed by atoms with Crippen LogP contribution in [0.3, 0.4) is 0 Å². The van der Waals surface area contributed by atoms with Crippen molar-refractivity contribution < 1.29 is 8.78 Å². The maximum Gasteiger partial charge on any atom is 0.137 e. The van der Waals surface area contributed by atoms with Crippen molar-refractivity contribution in [1.29, 1.82) is 0 Å². The molecule has 1 heterocycles. The zero-order chi connectivity index (χ0) is 9.97. The van der Waals surface area contributed by atoms with Gasteiger partial charge in [-0.3, -0.25) is 0 Å². The van der Waals surface area contributed by atoms with Gasteiger partial charge < -0.3 is 0 Å². The molecule has 0 amide bonds. The van der Waals surface area contributed by atoms with Crippen LogP contribution >= 0.6 is 0 Å². The standard InChI is InChI=1S/C9H7F2N3/c10-8-1-7(2-9(11)3-8)4-14-6-12-5-13-14/h1-3,5-6H,4H2. The number of hydrogen-bond acceptors (Lipinski definition) is 2. The van der Waals surface area contributed by atoms with E-state index in [0.29, 0.717) is 12.1 Å². The van der Waals surface area contributed by atoms with Crippen molar-refractivity contribution in [1.82, 2.24) is 14.8 Å². The molecule has 0 aliphatic rings. The van der Waals surface area contributed by atoms with Gasteiger partial charge in [-0.1, -0.05) is 0 Å². The average molecular weight is 195 g/mol. The van der Waals surface area contributed by atoms with Gasteiger partial charge >= 0.3 is 0 Å². The van der Waals surface area contributed by atoms with Crippen LogP contribution in [0.5, 0.6) is 0 Å². The van der Waals surface area contributed by atoms with Crippen LogP contribution in [0.2, 0.25) is 0 Å². The summed E-state index contributed by atoms with van der Waals surface area (Å²) in [5.41, 5.74) is 0.521. The van der Waals surface area contributed by atoms with E-state index >= 15 is 0 Å². The van der Waals surface area contributed by atoms with Gasteiger partial charge in [-0.05, 0) is 17.7 Å². The van der Waals surface area contributed by atoms with Gasteiger partial charge in [0.1, 0.15) is 24.3 Å². The van der Waals surface area contributed by atoms with Gasteiger partial charge in [0.15, 0.2) is 0 Å². The first-order chi connectivity index (χ1) is 6.74. The molecule has 0 unspecified atom stereocenters. The molecule has 0 spiro atoms. The van der Waals surface area contributed by atoms with E-state index in [2.05, 4.69) is 10.1 Å². The highest BCUT2D eigenvalue weighted by atomic mass is 19.1. The van der Waals surface area contributed by atoms with Crippen molar-refractivity contribution in [2.75, 3.05) is 0 Å². The van der Waals surface area contributed by atoms with Gasteiger partial charge in [-0.25, -0.2) is 18.4 Å². The maximum atomic E-state index is 12.8. The predicted molar refractivity (Wildman–Crippen MR) is 45.5 cm³/mol. The van der Waals surface area contributed by atoms with Crippen LogP contribution in [0.15, 0.2) is 30.9 Å². The number of nitrogens with zero attached hydrogens (tertiary/aromatic N) is 3. The highest BCUT2D eigenvalue weighted by molar-refractivity contribution is 5.17. The van der Waals surface area contributed by atoms with Crippen LogP contribution in [0.4, 0.5) is 8.78 Å².